The molecule has 1 atom stereocenters. The molecule has 0 amide bonds. The van der Waals surface area contributed by atoms with Crippen LogP contribution in [0.4, 0.5) is 0 Å². The molecule has 0 spiro atoms. The Balaban J connectivity index is 0.00000261. The van der Waals surface area contributed by atoms with Crippen LogP contribution in [0.5, 0.6) is 0 Å². The van der Waals surface area contributed by atoms with E-state index >= 15 is 0 Å². The summed E-state index contributed by atoms with van der Waals surface area (Å²) in [6.07, 6.45) is 15.6. The average molecular weight is 489 g/mol. The van der Waals surface area contributed by atoms with E-state index in [9.17, 15) is 0 Å². The fourth-order valence-electron chi connectivity index (χ4n) is 3.90. The lowest BCUT2D eigenvalue weighted by molar-refractivity contribution is 0.0105. The lowest BCUT2D eigenvalue weighted by Gasteiger charge is -2.25. The van der Waals surface area contributed by atoms with Crippen LogP contribution in [0.3, 0.4) is 0 Å². The lowest BCUT2D eigenvalue weighted by Crippen LogP contribution is -2.45. The summed E-state index contributed by atoms with van der Waals surface area (Å²) in [5.41, 5.74) is 0. The second-order valence-electron chi connectivity index (χ2n) is 7.60. The highest BCUT2D eigenvalue weighted by molar-refractivity contribution is 14.0. The van der Waals surface area contributed by atoms with Gasteiger partial charge in [-0.3, -0.25) is 4.99 Å². The molecule has 27 heavy (non-hydrogen) atoms. The van der Waals surface area contributed by atoms with Crippen molar-refractivity contribution in [1.29, 1.82) is 0 Å². The predicted molar refractivity (Wildman–Crippen MR) is 121 cm³/mol. The second kappa shape index (κ2) is 13.4. The molecule has 0 aromatic carbocycles. The minimum Gasteiger partial charge on any atom is -0.469 e. The van der Waals surface area contributed by atoms with Gasteiger partial charge in [0, 0.05) is 32.2 Å². The molecule has 154 valence electrons. The topological polar surface area (TPSA) is 58.8 Å². The summed E-state index contributed by atoms with van der Waals surface area (Å²) in [7, 11) is 0. The molecule has 2 N–H and O–H groups in total. The summed E-state index contributed by atoms with van der Waals surface area (Å²) in [5.74, 6) is 1.98. The summed E-state index contributed by atoms with van der Waals surface area (Å²) in [4.78, 5) is 4.83. The molecule has 0 radical (unpaired) electrons. The Hall–Kier alpha value is -0.760. The van der Waals surface area contributed by atoms with Crippen molar-refractivity contribution < 1.29 is 9.15 Å². The highest BCUT2D eigenvalue weighted by Gasteiger charge is 2.15. The van der Waals surface area contributed by atoms with Crippen molar-refractivity contribution >= 4 is 29.9 Å². The molecular weight excluding hydrogens is 453 g/mol. The van der Waals surface area contributed by atoms with Crippen molar-refractivity contribution in [2.24, 2.45) is 4.99 Å². The zero-order valence-electron chi connectivity index (χ0n) is 16.5. The molecule has 1 saturated carbocycles. The molecule has 0 bridgehead atoms. The van der Waals surface area contributed by atoms with E-state index in [4.69, 9.17) is 14.1 Å². The largest absolute Gasteiger partial charge is 0.469 e. The number of ether oxygens (including phenoxy) is 1. The first-order valence-electron chi connectivity index (χ1n) is 10.6. The van der Waals surface area contributed by atoms with Crippen LogP contribution >= 0.6 is 24.0 Å². The SMILES string of the molecule is I.c1coc(CCNC(=NCCCC2CCCCO2)NC2CCCCC2)c1. The van der Waals surface area contributed by atoms with E-state index in [1.165, 1.54) is 51.4 Å². The summed E-state index contributed by atoms with van der Waals surface area (Å²) >= 11 is 0. The maximum atomic E-state index is 5.82. The summed E-state index contributed by atoms with van der Waals surface area (Å²) in [5, 5.41) is 7.14. The molecule has 3 rings (SSSR count). The molecular formula is C21H36IN3O2. The van der Waals surface area contributed by atoms with E-state index in [2.05, 4.69) is 10.6 Å². The van der Waals surface area contributed by atoms with Crippen molar-refractivity contribution in [1.82, 2.24) is 10.6 Å². The molecule has 1 aromatic heterocycles. The number of nitrogens with zero attached hydrogens (tertiary/aromatic N) is 1. The minimum absolute atomic E-state index is 0. The Bertz CT molecular complexity index is 510. The van der Waals surface area contributed by atoms with Crippen molar-refractivity contribution in [2.75, 3.05) is 19.7 Å². The van der Waals surface area contributed by atoms with E-state index in [1.807, 2.05) is 12.1 Å². The molecule has 1 aromatic rings. The van der Waals surface area contributed by atoms with Gasteiger partial charge in [0.15, 0.2) is 5.96 Å². The second-order valence-corrected chi connectivity index (χ2v) is 7.60. The van der Waals surface area contributed by atoms with Gasteiger partial charge < -0.3 is 19.8 Å². The van der Waals surface area contributed by atoms with Crippen LogP contribution in [0.1, 0.15) is 70.0 Å². The van der Waals surface area contributed by atoms with Gasteiger partial charge in [-0.2, -0.15) is 0 Å². The number of halogens is 1. The van der Waals surface area contributed by atoms with Gasteiger partial charge in [-0.05, 0) is 57.1 Å². The Morgan fingerprint density at radius 2 is 1.96 bits per heavy atom. The van der Waals surface area contributed by atoms with Crippen LogP contribution in [0.2, 0.25) is 0 Å². The van der Waals surface area contributed by atoms with Gasteiger partial charge in [-0.1, -0.05) is 19.3 Å². The normalized spacial score (nSPS) is 21.5. The maximum Gasteiger partial charge on any atom is 0.191 e. The lowest BCUT2D eigenvalue weighted by atomic mass is 9.96. The fourth-order valence-corrected chi connectivity index (χ4v) is 3.90. The van der Waals surface area contributed by atoms with E-state index in [0.717, 1.165) is 50.7 Å². The van der Waals surface area contributed by atoms with Crippen molar-refractivity contribution in [3.8, 4) is 0 Å². The van der Waals surface area contributed by atoms with Gasteiger partial charge in [0.2, 0.25) is 0 Å². The van der Waals surface area contributed by atoms with Crippen LogP contribution in [-0.2, 0) is 11.2 Å². The standard InChI is InChI=1S/C21H35N3O2.HI/c1-2-8-18(9-3-1)24-21(23-15-13-20-12-7-17-26-20)22-14-6-11-19-10-4-5-16-25-19;/h7,12,17-19H,1-6,8-11,13-16H2,(H2,22,23,24);1H. The van der Waals surface area contributed by atoms with E-state index in [1.54, 1.807) is 6.26 Å². The number of aliphatic imine (C=N–C) groups is 1. The van der Waals surface area contributed by atoms with Gasteiger partial charge in [0.25, 0.3) is 0 Å². The van der Waals surface area contributed by atoms with Crippen molar-refractivity contribution in [3.05, 3.63) is 24.2 Å². The van der Waals surface area contributed by atoms with Crippen molar-refractivity contribution in [3.63, 3.8) is 0 Å². The highest BCUT2D eigenvalue weighted by atomic mass is 127. The Kier molecular flexibility index (Phi) is 11.2. The number of hydrogen-bond acceptors (Lipinski definition) is 3. The molecule has 2 heterocycles. The van der Waals surface area contributed by atoms with Crippen molar-refractivity contribution in [2.45, 2.75) is 82.8 Å². The molecule has 5 nitrogen and oxygen atoms in total. The molecule has 2 aliphatic rings. The van der Waals surface area contributed by atoms with Gasteiger partial charge in [0.05, 0.1) is 12.4 Å². The van der Waals surface area contributed by atoms with Gasteiger partial charge >= 0.3 is 0 Å². The van der Waals surface area contributed by atoms with E-state index in [-0.39, 0.29) is 24.0 Å². The van der Waals surface area contributed by atoms with Gasteiger partial charge in [-0.15, -0.1) is 24.0 Å². The first-order valence-corrected chi connectivity index (χ1v) is 10.6. The molecule has 1 unspecified atom stereocenters. The Labute approximate surface area is 181 Å². The Morgan fingerprint density at radius 3 is 2.70 bits per heavy atom. The average Bonchev–Trinajstić information content (AvgIpc) is 3.20. The summed E-state index contributed by atoms with van der Waals surface area (Å²) in [6, 6.07) is 4.54. The fraction of sp³-hybridized carbons (Fsp3) is 0.762. The smallest absolute Gasteiger partial charge is 0.191 e. The number of guanidine groups is 1. The monoisotopic (exact) mass is 489 g/mol. The van der Waals surface area contributed by atoms with Crippen LogP contribution in [-0.4, -0.2) is 37.8 Å². The van der Waals surface area contributed by atoms with Crippen LogP contribution < -0.4 is 10.6 Å². The van der Waals surface area contributed by atoms with Gasteiger partial charge in [0.1, 0.15) is 5.76 Å². The van der Waals surface area contributed by atoms with Crippen LogP contribution in [0.15, 0.2) is 27.8 Å². The number of nitrogens with one attached hydrogen (secondary N) is 2. The number of furan rings is 1. The predicted octanol–water partition coefficient (Wildman–Crippen LogP) is 4.66. The quantitative estimate of drug-likeness (QED) is 0.242. The third kappa shape index (κ3) is 8.85. The highest BCUT2D eigenvalue weighted by Crippen LogP contribution is 2.18. The minimum atomic E-state index is 0. The Morgan fingerprint density at radius 1 is 1.11 bits per heavy atom. The molecule has 1 saturated heterocycles. The van der Waals surface area contributed by atoms with Crippen LogP contribution in [0.25, 0.3) is 0 Å². The molecule has 6 heteroatoms. The first-order chi connectivity index (χ1) is 12.9. The van der Waals surface area contributed by atoms with Gasteiger partial charge in [-0.25, -0.2) is 0 Å². The maximum absolute atomic E-state index is 5.82. The van der Waals surface area contributed by atoms with Crippen LogP contribution in [0, 0.1) is 0 Å². The molecule has 2 fully saturated rings. The number of hydrogen-bond donors (Lipinski definition) is 2. The summed E-state index contributed by atoms with van der Waals surface area (Å²) in [6.45, 7) is 2.65. The van der Waals surface area contributed by atoms with E-state index in [0.29, 0.717) is 12.1 Å². The third-order valence-electron chi connectivity index (χ3n) is 5.42. The zero-order chi connectivity index (χ0) is 17.9. The molecule has 1 aliphatic heterocycles. The number of rotatable bonds is 8. The molecule has 1 aliphatic carbocycles. The zero-order valence-corrected chi connectivity index (χ0v) is 18.8. The third-order valence-corrected chi connectivity index (χ3v) is 5.42. The summed E-state index contributed by atoms with van der Waals surface area (Å²) < 4.78 is 11.2. The van der Waals surface area contributed by atoms with E-state index < -0.39 is 0 Å². The first kappa shape index (κ1) is 22.5.